The van der Waals surface area contributed by atoms with Crippen LogP contribution in [0.5, 0.6) is 0 Å². The summed E-state index contributed by atoms with van der Waals surface area (Å²) in [5.74, 6) is 0. The summed E-state index contributed by atoms with van der Waals surface area (Å²) in [6.07, 6.45) is 3.97. The largest absolute Gasteiger partial charge is 0.360 e. The zero-order valence-corrected chi connectivity index (χ0v) is 11.2. The zero-order chi connectivity index (χ0) is 12.1. The Hall–Kier alpha value is -0.830. The Labute approximate surface area is 110 Å². The number of halogens is 1. The number of anilines is 1. The molecule has 1 aromatic heterocycles. The highest BCUT2D eigenvalue weighted by Gasteiger charge is 2.11. The monoisotopic (exact) mass is 270 g/mol. The van der Waals surface area contributed by atoms with Gasteiger partial charge in [0, 0.05) is 13.1 Å². The van der Waals surface area contributed by atoms with Gasteiger partial charge in [-0.15, -0.1) is 0 Å². The fraction of sp³-hybridized carbons (Fsp3) is 0.636. The highest BCUT2D eigenvalue weighted by atomic mass is 35.5. The molecule has 0 unspecified atom stereocenters. The number of likely N-dealkylation sites (tertiary alicyclic amines) is 1. The van der Waals surface area contributed by atoms with Crippen molar-refractivity contribution in [1.29, 1.82) is 5.26 Å². The van der Waals surface area contributed by atoms with E-state index in [1.807, 2.05) is 6.07 Å². The smallest absolute Gasteiger partial charge is 0.185 e. The zero-order valence-electron chi connectivity index (χ0n) is 9.58. The summed E-state index contributed by atoms with van der Waals surface area (Å²) in [6, 6.07) is 2.03. The van der Waals surface area contributed by atoms with Gasteiger partial charge in [-0.25, -0.2) is 4.98 Å². The van der Waals surface area contributed by atoms with E-state index in [4.69, 9.17) is 16.9 Å². The second-order valence-corrected chi connectivity index (χ2v) is 5.44. The molecule has 0 spiro atoms. The fourth-order valence-corrected chi connectivity index (χ4v) is 2.92. The SMILES string of the molecule is N#Cc1sc(NCCN2CCCCC2)nc1Cl. The molecule has 1 aliphatic rings. The average Bonchev–Trinajstić information content (AvgIpc) is 2.71. The molecule has 2 heterocycles. The van der Waals surface area contributed by atoms with Gasteiger partial charge < -0.3 is 10.2 Å². The third kappa shape index (κ3) is 3.56. The van der Waals surface area contributed by atoms with Crippen LogP contribution in [0, 0.1) is 11.3 Å². The molecule has 6 heteroatoms. The van der Waals surface area contributed by atoms with Gasteiger partial charge in [0.05, 0.1) is 0 Å². The van der Waals surface area contributed by atoms with E-state index in [0.717, 1.165) is 18.2 Å². The van der Waals surface area contributed by atoms with Gasteiger partial charge >= 0.3 is 0 Å². The van der Waals surface area contributed by atoms with Gasteiger partial charge in [0.2, 0.25) is 0 Å². The maximum atomic E-state index is 8.76. The molecule has 0 saturated carbocycles. The van der Waals surface area contributed by atoms with E-state index in [0.29, 0.717) is 10.0 Å². The summed E-state index contributed by atoms with van der Waals surface area (Å²) < 4.78 is 0. The molecule has 0 bridgehead atoms. The minimum Gasteiger partial charge on any atom is -0.360 e. The van der Waals surface area contributed by atoms with Crippen molar-refractivity contribution in [3.05, 3.63) is 10.0 Å². The molecule has 4 nitrogen and oxygen atoms in total. The number of nitrogens with one attached hydrogen (secondary N) is 1. The maximum Gasteiger partial charge on any atom is 0.185 e. The third-order valence-corrected chi connectivity index (χ3v) is 4.14. The molecule has 17 heavy (non-hydrogen) atoms. The molecule has 0 aliphatic carbocycles. The highest BCUT2D eigenvalue weighted by Crippen LogP contribution is 2.25. The normalized spacial score (nSPS) is 16.7. The lowest BCUT2D eigenvalue weighted by Crippen LogP contribution is -2.33. The highest BCUT2D eigenvalue weighted by molar-refractivity contribution is 7.16. The molecule has 0 radical (unpaired) electrons. The lowest BCUT2D eigenvalue weighted by atomic mass is 10.1. The minimum atomic E-state index is 0.304. The number of rotatable bonds is 4. The van der Waals surface area contributed by atoms with E-state index < -0.39 is 0 Å². The Balaban J connectivity index is 1.75. The summed E-state index contributed by atoms with van der Waals surface area (Å²) in [6.45, 7) is 4.28. The van der Waals surface area contributed by atoms with E-state index in [-0.39, 0.29) is 0 Å². The Morgan fingerprint density at radius 3 is 2.82 bits per heavy atom. The topological polar surface area (TPSA) is 52.0 Å². The van der Waals surface area contributed by atoms with Crippen molar-refractivity contribution in [3.63, 3.8) is 0 Å². The summed E-state index contributed by atoms with van der Waals surface area (Å²) in [5.41, 5.74) is 0. The summed E-state index contributed by atoms with van der Waals surface area (Å²) in [7, 11) is 0. The molecule has 1 fully saturated rings. The number of hydrogen-bond acceptors (Lipinski definition) is 5. The van der Waals surface area contributed by atoms with Crippen LogP contribution in [0.3, 0.4) is 0 Å². The number of hydrogen-bond donors (Lipinski definition) is 1. The minimum absolute atomic E-state index is 0.304. The van der Waals surface area contributed by atoms with Gasteiger partial charge in [-0.1, -0.05) is 29.4 Å². The quantitative estimate of drug-likeness (QED) is 0.914. The summed E-state index contributed by atoms with van der Waals surface area (Å²) in [4.78, 5) is 7.03. The molecule has 0 aromatic carbocycles. The predicted molar refractivity (Wildman–Crippen MR) is 70.6 cm³/mol. The Bertz CT molecular complexity index is 406. The molecule has 1 saturated heterocycles. The number of thiazole rings is 1. The fourth-order valence-electron chi connectivity index (χ4n) is 1.95. The number of nitriles is 1. The molecule has 0 amide bonds. The molecule has 1 N–H and O–H groups in total. The Morgan fingerprint density at radius 2 is 2.18 bits per heavy atom. The van der Waals surface area contributed by atoms with Crippen LogP contribution in [0.4, 0.5) is 5.13 Å². The first-order valence-corrected chi connectivity index (χ1v) is 7.01. The second-order valence-electron chi connectivity index (χ2n) is 4.08. The van der Waals surface area contributed by atoms with Gasteiger partial charge in [-0.05, 0) is 25.9 Å². The predicted octanol–water partition coefficient (Wildman–Crippen LogP) is 2.57. The van der Waals surface area contributed by atoms with E-state index in [1.54, 1.807) is 0 Å². The van der Waals surface area contributed by atoms with E-state index in [1.165, 1.54) is 43.7 Å². The first-order chi connectivity index (χ1) is 8.29. The van der Waals surface area contributed by atoms with Crippen LogP contribution in [0.2, 0.25) is 5.15 Å². The summed E-state index contributed by atoms with van der Waals surface area (Å²) >= 11 is 7.11. The van der Waals surface area contributed by atoms with Crippen molar-refractivity contribution in [2.45, 2.75) is 19.3 Å². The van der Waals surface area contributed by atoms with Crippen LogP contribution >= 0.6 is 22.9 Å². The average molecular weight is 271 g/mol. The van der Waals surface area contributed by atoms with Crippen LogP contribution in [-0.2, 0) is 0 Å². The second kappa shape index (κ2) is 6.20. The summed E-state index contributed by atoms with van der Waals surface area (Å²) in [5, 5.41) is 13.0. The van der Waals surface area contributed by atoms with Gasteiger partial charge in [-0.3, -0.25) is 0 Å². The Morgan fingerprint density at radius 1 is 1.41 bits per heavy atom. The van der Waals surface area contributed by atoms with Crippen LogP contribution in [-0.4, -0.2) is 36.1 Å². The molecular weight excluding hydrogens is 256 g/mol. The molecular formula is C11H15ClN4S. The van der Waals surface area contributed by atoms with Crippen molar-refractivity contribution < 1.29 is 0 Å². The molecule has 1 aliphatic heterocycles. The van der Waals surface area contributed by atoms with E-state index in [9.17, 15) is 0 Å². The molecule has 1 aromatic rings. The van der Waals surface area contributed by atoms with Crippen molar-refractivity contribution in [2.24, 2.45) is 0 Å². The number of aromatic nitrogens is 1. The first-order valence-electron chi connectivity index (χ1n) is 5.82. The van der Waals surface area contributed by atoms with E-state index >= 15 is 0 Å². The van der Waals surface area contributed by atoms with Crippen molar-refractivity contribution >= 4 is 28.1 Å². The van der Waals surface area contributed by atoms with Gasteiger partial charge in [0.15, 0.2) is 10.3 Å². The standard InChI is InChI=1S/C11H15ClN4S/c12-10-9(8-13)17-11(15-10)14-4-7-16-5-2-1-3-6-16/h1-7H2,(H,14,15). The van der Waals surface area contributed by atoms with Crippen LogP contribution in [0.1, 0.15) is 24.1 Å². The molecule has 2 rings (SSSR count). The van der Waals surface area contributed by atoms with Crippen LogP contribution in [0.25, 0.3) is 0 Å². The third-order valence-electron chi connectivity index (χ3n) is 2.84. The molecule has 0 atom stereocenters. The first kappa shape index (κ1) is 12.6. The number of piperidine rings is 1. The van der Waals surface area contributed by atoms with Crippen LogP contribution < -0.4 is 5.32 Å². The van der Waals surface area contributed by atoms with Gasteiger partial charge in [0.1, 0.15) is 10.9 Å². The van der Waals surface area contributed by atoms with Crippen LogP contribution in [0.15, 0.2) is 0 Å². The van der Waals surface area contributed by atoms with Gasteiger partial charge in [-0.2, -0.15) is 5.26 Å². The van der Waals surface area contributed by atoms with Gasteiger partial charge in [0.25, 0.3) is 0 Å². The molecule has 92 valence electrons. The van der Waals surface area contributed by atoms with E-state index in [2.05, 4.69) is 15.2 Å². The van der Waals surface area contributed by atoms with Crippen molar-refractivity contribution in [2.75, 3.05) is 31.5 Å². The van der Waals surface area contributed by atoms with Crippen molar-refractivity contribution in [3.8, 4) is 6.07 Å². The van der Waals surface area contributed by atoms with Crippen molar-refractivity contribution in [1.82, 2.24) is 9.88 Å². The number of nitrogens with zero attached hydrogens (tertiary/aromatic N) is 3. The maximum absolute atomic E-state index is 8.76. The lowest BCUT2D eigenvalue weighted by molar-refractivity contribution is 0.237. The lowest BCUT2D eigenvalue weighted by Gasteiger charge is -2.26. The Kier molecular flexibility index (Phi) is 4.60.